The number of rotatable bonds is 9. The van der Waals surface area contributed by atoms with Crippen LogP contribution in [0.5, 0.6) is 0 Å². The van der Waals surface area contributed by atoms with Gasteiger partial charge in [-0.25, -0.2) is 4.98 Å². The molecule has 8 heteroatoms. The molecular weight excluding hydrogens is 376 g/mol. The van der Waals surface area contributed by atoms with Crippen molar-refractivity contribution in [3.8, 4) is 0 Å². The third-order valence-electron chi connectivity index (χ3n) is 4.24. The van der Waals surface area contributed by atoms with E-state index in [9.17, 15) is 4.79 Å². The molecular formula is C20H23ClN6O. The second-order valence-electron chi connectivity index (χ2n) is 6.38. The number of hydrogen-bond donors (Lipinski definition) is 3. The Morgan fingerprint density at radius 3 is 2.96 bits per heavy atom. The number of fused-ring (bicyclic) bond motifs is 1. The maximum Gasteiger partial charge on any atom is 0.244 e. The summed E-state index contributed by atoms with van der Waals surface area (Å²) >= 11 is 6.03. The van der Waals surface area contributed by atoms with Crippen LogP contribution in [-0.2, 0) is 4.79 Å². The molecule has 1 aromatic carbocycles. The number of pyridine rings is 1. The summed E-state index contributed by atoms with van der Waals surface area (Å²) in [5, 5.41) is 8.04. The molecule has 0 aliphatic carbocycles. The van der Waals surface area contributed by atoms with Gasteiger partial charge in [-0.05, 0) is 37.4 Å². The highest BCUT2D eigenvalue weighted by Gasteiger charge is 2.04. The number of aromatic nitrogens is 3. The molecule has 0 aliphatic rings. The Morgan fingerprint density at radius 2 is 2.14 bits per heavy atom. The summed E-state index contributed by atoms with van der Waals surface area (Å²) in [6.45, 7) is 2.97. The van der Waals surface area contributed by atoms with Crippen molar-refractivity contribution in [2.45, 2.75) is 0 Å². The zero-order valence-corrected chi connectivity index (χ0v) is 16.4. The monoisotopic (exact) mass is 398 g/mol. The first-order valence-corrected chi connectivity index (χ1v) is 9.40. The molecule has 7 nitrogen and oxygen atoms in total. The van der Waals surface area contributed by atoms with Crippen LogP contribution in [-0.4, -0.2) is 59.0 Å². The number of benzene rings is 1. The smallest absolute Gasteiger partial charge is 0.244 e. The number of H-pyrrole nitrogens is 1. The molecule has 0 aliphatic heterocycles. The predicted molar refractivity (Wildman–Crippen MR) is 113 cm³/mol. The molecule has 1 amide bonds. The van der Waals surface area contributed by atoms with Gasteiger partial charge in [0.1, 0.15) is 0 Å². The van der Waals surface area contributed by atoms with E-state index in [1.807, 2.05) is 31.3 Å². The summed E-state index contributed by atoms with van der Waals surface area (Å²) in [7, 11) is 2.03. The molecule has 0 atom stereocenters. The van der Waals surface area contributed by atoms with Crippen LogP contribution in [0.2, 0.25) is 5.02 Å². The Labute approximate surface area is 168 Å². The molecule has 3 N–H and O–H groups in total. The second kappa shape index (κ2) is 9.87. The lowest BCUT2D eigenvalue weighted by molar-refractivity contribution is -0.116. The Bertz CT molecular complexity index is 941. The standard InChI is InChI=1S/C20H23ClN6O/c1-27(11-9-25-20(28)5-3-16-13-22-14-26-16)10-8-24-18-6-7-23-19-12-15(21)2-4-17(18)19/h2-7,12-14H,8-11H2,1H3,(H,22,26)(H,23,24)(H,25,28)/b5-3+. The fraction of sp³-hybridized carbons (Fsp3) is 0.250. The SMILES string of the molecule is CN(CCNC(=O)/C=C/c1cnc[nH]1)CCNc1ccnc2cc(Cl)ccc12. The average molecular weight is 399 g/mol. The summed E-state index contributed by atoms with van der Waals surface area (Å²) < 4.78 is 0. The number of aromatic amines is 1. The Morgan fingerprint density at radius 1 is 1.29 bits per heavy atom. The maximum atomic E-state index is 11.8. The van der Waals surface area contributed by atoms with E-state index in [2.05, 4.69) is 30.5 Å². The second-order valence-corrected chi connectivity index (χ2v) is 6.82. The molecule has 28 heavy (non-hydrogen) atoms. The number of imidazole rings is 1. The topological polar surface area (TPSA) is 85.9 Å². The molecule has 146 valence electrons. The van der Waals surface area contributed by atoms with Crippen molar-refractivity contribution in [2.75, 3.05) is 38.5 Å². The molecule has 2 heterocycles. The lowest BCUT2D eigenvalue weighted by atomic mass is 10.2. The summed E-state index contributed by atoms with van der Waals surface area (Å²) in [6, 6.07) is 7.66. The number of hydrogen-bond acceptors (Lipinski definition) is 5. The number of likely N-dealkylation sites (N-methyl/N-ethyl adjacent to an activating group) is 1. The van der Waals surface area contributed by atoms with Gasteiger partial charge < -0.3 is 20.5 Å². The van der Waals surface area contributed by atoms with Crippen LogP contribution >= 0.6 is 11.6 Å². The van der Waals surface area contributed by atoms with E-state index < -0.39 is 0 Å². The van der Waals surface area contributed by atoms with E-state index >= 15 is 0 Å². The van der Waals surface area contributed by atoms with Gasteiger partial charge in [0.25, 0.3) is 0 Å². The minimum absolute atomic E-state index is 0.122. The van der Waals surface area contributed by atoms with Crippen molar-refractivity contribution in [2.24, 2.45) is 0 Å². The van der Waals surface area contributed by atoms with E-state index in [1.165, 1.54) is 6.08 Å². The minimum atomic E-state index is -0.122. The van der Waals surface area contributed by atoms with E-state index in [0.717, 1.165) is 41.9 Å². The fourth-order valence-corrected chi connectivity index (χ4v) is 2.89. The average Bonchev–Trinajstić information content (AvgIpc) is 3.20. The third kappa shape index (κ3) is 5.80. The van der Waals surface area contributed by atoms with Crippen LogP contribution in [0, 0.1) is 0 Å². The van der Waals surface area contributed by atoms with Gasteiger partial charge in [0.05, 0.1) is 23.7 Å². The van der Waals surface area contributed by atoms with E-state index in [0.29, 0.717) is 11.6 Å². The Balaban J connectivity index is 1.38. The van der Waals surface area contributed by atoms with E-state index in [1.54, 1.807) is 24.8 Å². The number of nitrogens with zero attached hydrogens (tertiary/aromatic N) is 3. The molecule has 0 spiro atoms. The molecule has 0 fully saturated rings. The van der Waals surface area contributed by atoms with Crippen molar-refractivity contribution in [1.82, 2.24) is 25.2 Å². The molecule has 3 rings (SSSR count). The molecule has 0 bridgehead atoms. The lowest BCUT2D eigenvalue weighted by Gasteiger charge is -2.18. The highest BCUT2D eigenvalue weighted by Crippen LogP contribution is 2.24. The van der Waals surface area contributed by atoms with Crippen molar-refractivity contribution in [1.29, 1.82) is 0 Å². The minimum Gasteiger partial charge on any atom is -0.383 e. The first kappa shape index (κ1) is 19.9. The number of amides is 1. The zero-order valence-electron chi connectivity index (χ0n) is 15.7. The van der Waals surface area contributed by atoms with Crippen molar-refractivity contribution >= 4 is 40.2 Å². The molecule has 2 aromatic heterocycles. The highest BCUT2D eigenvalue weighted by molar-refractivity contribution is 6.31. The lowest BCUT2D eigenvalue weighted by Crippen LogP contribution is -2.34. The number of carbonyl (C=O) groups is 1. The van der Waals surface area contributed by atoms with Gasteiger partial charge in [-0.2, -0.15) is 0 Å². The normalized spacial score (nSPS) is 11.4. The maximum absolute atomic E-state index is 11.8. The van der Waals surface area contributed by atoms with Gasteiger partial charge in [0.2, 0.25) is 5.91 Å². The van der Waals surface area contributed by atoms with Crippen molar-refractivity contribution < 1.29 is 4.79 Å². The van der Waals surface area contributed by atoms with Gasteiger partial charge in [-0.15, -0.1) is 0 Å². The quantitative estimate of drug-likeness (QED) is 0.482. The first-order valence-electron chi connectivity index (χ1n) is 9.03. The van der Waals surface area contributed by atoms with Crippen LogP contribution in [0.25, 0.3) is 17.0 Å². The summed E-state index contributed by atoms with van der Waals surface area (Å²) in [6.07, 6.45) is 8.20. The molecule has 0 saturated heterocycles. The van der Waals surface area contributed by atoms with Gasteiger partial charge in [0.15, 0.2) is 0 Å². The van der Waals surface area contributed by atoms with Crippen LogP contribution in [0.4, 0.5) is 5.69 Å². The highest BCUT2D eigenvalue weighted by atomic mass is 35.5. The summed E-state index contributed by atoms with van der Waals surface area (Å²) in [5.74, 6) is -0.122. The zero-order chi connectivity index (χ0) is 19.8. The number of nitrogens with one attached hydrogen (secondary N) is 3. The predicted octanol–water partition coefficient (Wildman–Crippen LogP) is 2.78. The molecule has 3 aromatic rings. The van der Waals surface area contributed by atoms with Crippen LogP contribution in [0.3, 0.4) is 0 Å². The number of halogens is 1. The van der Waals surface area contributed by atoms with E-state index in [4.69, 9.17) is 11.6 Å². The Kier molecular flexibility index (Phi) is 7.00. The Hall–Kier alpha value is -2.90. The fourth-order valence-electron chi connectivity index (χ4n) is 2.72. The van der Waals surface area contributed by atoms with Crippen molar-refractivity contribution in [3.05, 3.63) is 59.8 Å². The summed E-state index contributed by atoms with van der Waals surface area (Å²) in [4.78, 5) is 25.1. The molecule has 0 radical (unpaired) electrons. The van der Waals surface area contributed by atoms with Gasteiger partial charge in [-0.3, -0.25) is 9.78 Å². The van der Waals surface area contributed by atoms with Crippen molar-refractivity contribution in [3.63, 3.8) is 0 Å². The van der Waals surface area contributed by atoms with Gasteiger partial charge >= 0.3 is 0 Å². The number of carbonyl (C=O) groups excluding carboxylic acids is 1. The van der Waals surface area contributed by atoms with Crippen LogP contribution < -0.4 is 10.6 Å². The molecule has 0 saturated carbocycles. The van der Waals surface area contributed by atoms with Crippen LogP contribution in [0.15, 0.2) is 49.1 Å². The van der Waals surface area contributed by atoms with Gasteiger partial charge in [-0.1, -0.05) is 11.6 Å². The molecule has 0 unspecified atom stereocenters. The largest absolute Gasteiger partial charge is 0.383 e. The third-order valence-corrected chi connectivity index (χ3v) is 4.48. The first-order chi connectivity index (χ1) is 13.6. The van der Waals surface area contributed by atoms with E-state index in [-0.39, 0.29) is 5.91 Å². The summed E-state index contributed by atoms with van der Waals surface area (Å²) in [5.41, 5.74) is 2.70. The van der Waals surface area contributed by atoms with Gasteiger partial charge in [0, 0.05) is 54.5 Å². The van der Waals surface area contributed by atoms with Crippen LogP contribution in [0.1, 0.15) is 5.69 Å². The number of anilines is 1.